The number of methoxy groups -OCH3 is 1. The molecule has 2 aromatic heterocycles. The zero-order valence-electron chi connectivity index (χ0n) is 21.9. The molecule has 0 spiro atoms. The number of urea groups is 1. The Morgan fingerprint density at radius 1 is 1.10 bits per heavy atom. The second-order valence-corrected chi connectivity index (χ2v) is 10.9. The van der Waals surface area contributed by atoms with Gasteiger partial charge in [0.2, 0.25) is 0 Å². The predicted molar refractivity (Wildman–Crippen MR) is 160 cm³/mol. The van der Waals surface area contributed by atoms with Crippen molar-refractivity contribution >= 4 is 51.2 Å². The Labute approximate surface area is 239 Å². The highest BCUT2D eigenvalue weighted by atomic mass is 32.1. The Balaban J connectivity index is 1.20. The number of piperazine rings is 1. The average molecular weight is 579 g/mol. The van der Waals surface area contributed by atoms with Gasteiger partial charge in [-0.05, 0) is 30.3 Å². The van der Waals surface area contributed by atoms with Crippen molar-refractivity contribution in [2.45, 2.75) is 0 Å². The number of nitrogens with two attached hydrogens (primary N) is 1. The number of anilines is 3. The lowest BCUT2D eigenvalue weighted by Crippen LogP contribution is -2.46. The number of hydrogen-bond acceptors (Lipinski definition) is 10. The third-order valence-electron chi connectivity index (χ3n) is 6.24. The van der Waals surface area contributed by atoms with Crippen LogP contribution in [0.5, 0.6) is 5.75 Å². The van der Waals surface area contributed by atoms with E-state index in [9.17, 15) is 9.59 Å². The molecule has 208 valence electrons. The van der Waals surface area contributed by atoms with Crippen LogP contribution in [-0.2, 0) is 0 Å². The number of ether oxygens (including phenoxy) is 1. The molecule has 11 nitrogen and oxygen atoms in total. The monoisotopic (exact) mass is 578 g/mol. The van der Waals surface area contributed by atoms with Gasteiger partial charge in [0.1, 0.15) is 21.5 Å². The van der Waals surface area contributed by atoms with E-state index in [2.05, 4.69) is 31.2 Å². The summed E-state index contributed by atoms with van der Waals surface area (Å²) in [5, 5.41) is 14.9. The third kappa shape index (κ3) is 6.93. The van der Waals surface area contributed by atoms with Gasteiger partial charge in [-0.1, -0.05) is 29.5 Å². The molecule has 13 heteroatoms. The molecule has 0 aliphatic carbocycles. The van der Waals surface area contributed by atoms with Gasteiger partial charge < -0.3 is 26.4 Å². The molecule has 3 heterocycles. The first-order valence-corrected chi connectivity index (χ1v) is 14.4. The van der Waals surface area contributed by atoms with E-state index >= 15 is 0 Å². The van der Waals surface area contributed by atoms with E-state index in [-0.39, 0.29) is 11.9 Å². The summed E-state index contributed by atoms with van der Waals surface area (Å²) in [5.74, 6) is 0.685. The Morgan fingerprint density at radius 3 is 2.75 bits per heavy atom. The molecule has 0 bridgehead atoms. The molecule has 1 fully saturated rings. The van der Waals surface area contributed by atoms with Crippen molar-refractivity contribution in [2.24, 2.45) is 0 Å². The summed E-state index contributed by atoms with van der Waals surface area (Å²) in [4.78, 5) is 37.1. The predicted octanol–water partition coefficient (Wildman–Crippen LogP) is 3.80. The fourth-order valence-corrected chi connectivity index (χ4v) is 5.98. The van der Waals surface area contributed by atoms with E-state index < -0.39 is 0 Å². The van der Waals surface area contributed by atoms with Gasteiger partial charge in [-0.3, -0.25) is 15.0 Å². The quantitative estimate of drug-likeness (QED) is 0.202. The summed E-state index contributed by atoms with van der Waals surface area (Å²) in [7, 11) is 1.56. The summed E-state index contributed by atoms with van der Waals surface area (Å²) < 4.78 is 5.21. The van der Waals surface area contributed by atoms with Crippen molar-refractivity contribution < 1.29 is 14.3 Å². The molecule has 4 aromatic rings. The number of nitrogen functional groups attached to an aromatic ring is 1. The minimum atomic E-state index is -0.317. The molecule has 1 aliphatic heterocycles. The topological polar surface area (TPSA) is 147 Å². The molecule has 0 atom stereocenters. The van der Waals surface area contributed by atoms with Gasteiger partial charge in [-0.15, -0.1) is 11.3 Å². The average Bonchev–Trinajstić information content (AvgIpc) is 3.60. The summed E-state index contributed by atoms with van der Waals surface area (Å²) in [6.07, 6.45) is 0. The molecule has 5 rings (SSSR count). The summed E-state index contributed by atoms with van der Waals surface area (Å²) >= 11 is 2.71. The number of carbonyl (C=O) groups excluding carboxylic acids is 2. The number of aromatic nitrogens is 2. The van der Waals surface area contributed by atoms with Crippen LogP contribution in [0, 0.1) is 0 Å². The normalized spacial score (nSPS) is 13.5. The first kappa shape index (κ1) is 27.5. The molecule has 0 unspecified atom stereocenters. The molecule has 0 saturated carbocycles. The summed E-state index contributed by atoms with van der Waals surface area (Å²) in [6.45, 7) is 5.25. The largest absolute Gasteiger partial charge is 0.497 e. The van der Waals surface area contributed by atoms with E-state index in [1.807, 2.05) is 29.6 Å². The van der Waals surface area contributed by atoms with Gasteiger partial charge in [0.25, 0.3) is 5.91 Å². The molecule has 0 radical (unpaired) electrons. The molecule has 1 aliphatic rings. The van der Waals surface area contributed by atoms with Gasteiger partial charge in [-0.25, -0.2) is 14.8 Å². The van der Waals surface area contributed by atoms with Gasteiger partial charge in [0.05, 0.1) is 12.8 Å². The third-order valence-corrected chi connectivity index (χ3v) is 8.23. The highest BCUT2D eigenvalue weighted by Crippen LogP contribution is 2.38. The maximum atomic E-state index is 12.7. The Morgan fingerprint density at radius 2 is 1.93 bits per heavy atom. The van der Waals surface area contributed by atoms with Gasteiger partial charge in [0, 0.05) is 61.5 Å². The standard InChI is InChI=1S/C27H30N8O3S2/c1-38-20-7-3-5-18(15-20)24(36)31-19-6-2-4-17(14-19)21-16-39-25(32-21)22-23(28)33-27(40-22)34-26(37)30-10-13-35-11-8-29-9-12-35/h2-7,14-16,29H,8-13,28H2,1H3,(H,31,36)(H2,30,33,34,37). The van der Waals surface area contributed by atoms with Crippen LogP contribution in [0.2, 0.25) is 0 Å². The first-order valence-electron chi connectivity index (χ1n) is 12.7. The number of nitrogens with one attached hydrogen (secondary N) is 4. The highest BCUT2D eigenvalue weighted by molar-refractivity contribution is 7.23. The molecule has 6 N–H and O–H groups in total. The van der Waals surface area contributed by atoms with Crippen LogP contribution in [0.15, 0.2) is 53.9 Å². The van der Waals surface area contributed by atoms with Crippen LogP contribution in [-0.4, -0.2) is 73.2 Å². The molecule has 1 saturated heterocycles. The second kappa shape index (κ2) is 12.9. The lowest BCUT2D eigenvalue weighted by atomic mass is 10.1. The SMILES string of the molecule is COc1cccc(C(=O)Nc2cccc(-c3csc(-c4sc(NC(=O)NCCN5CCNCC5)nc4N)n3)c2)c1. The minimum absolute atomic E-state index is 0.236. The van der Waals surface area contributed by atoms with E-state index in [1.54, 1.807) is 31.4 Å². The summed E-state index contributed by atoms with van der Waals surface area (Å²) in [6, 6.07) is 14.1. The zero-order chi connectivity index (χ0) is 27.9. The Bertz CT molecular complexity index is 1480. The maximum Gasteiger partial charge on any atom is 0.321 e. The Kier molecular flexibility index (Phi) is 8.86. The van der Waals surface area contributed by atoms with E-state index in [4.69, 9.17) is 15.5 Å². The fraction of sp³-hybridized carbons (Fsp3) is 0.259. The van der Waals surface area contributed by atoms with Crippen LogP contribution >= 0.6 is 22.7 Å². The van der Waals surface area contributed by atoms with Crippen LogP contribution in [0.4, 0.5) is 21.4 Å². The van der Waals surface area contributed by atoms with Crippen molar-refractivity contribution in [1.29, 1.82) is 0 Å². The lowest BCUT2D eigenvalue weighted by Gasteiger charge is -2.27. The second-order valence-electron chi connectivity index (χ2n) is 9.01. The smallest absolute Gasteiger partial charge is 0.321 e. The van der Waals surface area contributed by atoms with Crippen molar-refractivity contribution in [1.82, 2.24) is 25.5 Å². The van der Waals surface area contributed by atoms with Crippen LogP contribution < -0.4 is 31.7 Å². The number of carbonyl (C=O) groups is 2. The van der Waals surface area contributed by atoms with Crippen LogP contribution in [0.1, 0.15) is 10.4 Å². The first-order chi connectivity index (χ1) is 19.5. The van der Waals surface area contributed by atoms with Crippen molar-refractivity contribution in [2.75, 3.05) is 62.7 Å². The van der Waals surface area contributed by atoms with Crippen molar-refractivity contribution in [3.63, 3.8) is 0 Å². The lowest BCUT2D eigenvalue weighted by molar-refractivity contribution is 0.102. The Hall–Kier alpha value is -4.04. The molecular weight excluding hydrogens is 548 g/mol. The van der Waals surface area contributed by atoms with Crippen molar-refractivity contribution in [3.8, 4) is 26.9 Å². The van der Waals surface area contributed by atoms with E-state index in [0.29, 0.717) is 44.4 Å². The fourth-order valence-electron chi connectivity index (χ4n) is 4.18. The van der Waals surface area contributed by atoms with E-state index in [1.165, 1.54) is 22.7 Å². The van der Waals surface area contributed by atoms with E-state index in [0.717, 1.165) is 44.0 Å². The van der Waals surface area contributed by atoms with Gasteiger partial charge >= 0.3 is 6.03 Å². The van der Waals surface area contributed by atoms with Crippen LogP contribution in [0.25, 0.3) is 21.1 Å². The van der Waals surface area contributed by atoms with Gasteiger partial charge in [0.15, 0.2) is 5.13 Å². The highest BCUT2D eigenvalue weighted by Gasteiger charge is 2.17. The molecule has 3 amide bonds. The number of benzene rings is 2. The number of nitrogens with zero attached hydrogens (tertiary/aromatic N) is 3. The number of hydrogen-bond donors (Lipinski definition) is 5. The zero-order valence-corrected chi connectivity index (χ0v) is 23.5. The van der Waals surface area contributed by atoms with Crippen molar-refractivity contribution in [3.05, 3.63) is 59.5 Å². The minimum Gasteiger partial charge on any atom is -0.497 e. The van der Waals surface area contributed by atoms with Gasteiger partial charge in [-0.2, -0.15) is 0 Å². The summed E-state index contributed by atoms with van der Waals surface area (Å²) in [5.41, 5.74) is 8.90. The van der Waals surface area contributed by atoms with Crippen LogP contribution in [0.3, 0.4) is 0 Å². The molecule has 40 heavy (non-hydrogen) atoms. The number of amides is 3. The molecular formula is C27H30N8O3S2. The number of thiazole rings is 2. The maximum absolute atomic E-state index is 12.7. The number of rotatable bonds is 9. The molecule has 2 aromatic carbocycles.